The molecule has 1 radical (unpaired) electrons. The number of fused-ring (bicyclic) bond motifs is 5. The van der Waals surface area contributed by atoms with Gasteiger partial charge in [-0.05, 0) is 80.4 Å². The first-order chi connectivity index (χ1) is 20.1. The van der Waals surface area contributed by atoms with E-state index in [1.54, 1.807) is 0 Å². The zero-order valence-corrected chi connectivity index (χ0v) is 26.0. The van der Waals surface area contributed by atoms with E-state index >= 15 is 0 Å². The molecule has 42 heavy (non-hydrogen) atoms. The molecule has 0 saturated carbocycles. The summed E-state index contributed by atoms with van der Waals surface area (Å²) >= 11 is 0. The molecule has 0 spiro atoms. The molecular weight excluding hydrogens is 513 g/mol. The van der Waals surface area contributed by atoms with Crippen molar-refractivity contribution in [1.82, 2.24) is 4.98 Å². The van der Waals surface area contributed by atoms with Gasteiger partial charge in [-0.1, -0.05) is 79.8 Å². The van der Waals surface area contributed by atoms with Crippen molar-refractivity contribution in [3.63, 3.8) is 0 Å². The Morgan fingerprint density at radius 2 is 1.55 bits per heavy atom. The number of aromatic nitrogens is 1. The Labute approximate surface area is 250 Å². The topological polar surface area (TPSA) is 41.3 Å². The van der Waals surface area contributed by atoms with Crippen LogP contribution in [-0.4, -0.2) is 26.5 Å². The van der Waals surface area contributed by atoms with E-state index in [9.17, 15) is 0 Å². The summed E-state index contributed by atoms with van der Waals surface area (Å²) in [6, 6.07) is 23.8. The second-order valence-corrected chi connectivity index (χ2v) is 12.8. The van der Waals surface area contributed by atoms with E-state index in [4.69, 9.17) is 9.40 Å². The van der Waals surface area contributed by atoms with Crippen LogP contribution in [0.5, 0.6) is 0 Å². The van der Waals surface area contributed by atoms with Gasteiger partial charge in [0.25, 0.3) is 7.41 Å². The Hall–Kier alpha value is -4.25. The first-order valence-corrected chi connectivity index (χ1v) is 14.7. The van der Waals surface area contributed by atoms with Crippen molar-refractivity contribution in [2.45, 2.75) is 48.0 Å². The van der Waals surface area contributed by atoms with Crippen molar-refractivity contribution >= 4 is 57.0 Å². The molecular formula is C37H39BN3O. The van der Waals surface area contributed by atoms with Crippen LogP contribution in [0.25, 0.3) is 44.0 Å². The lowest BCUT2D eigenvalue weighted by Gasteiger charge is -2.24. The molecule has 211 valence electrons. The minimum atomic E-state index is 0.192. The molecule has 2 heterocycles. The molecule has 6 aromatic rings. The molecule has 5 heteroatoms. The van der Waals surface area contributed by atoms with E-state index in [1.165, 1.54) is 27.7 Å². The number of furan rings is 1. The summed E-state index contributed by atoms with van der Waals surface area (Å²) in [6.07, 6.45) is 3.00. The summed E-state index contributed by atoms with van der Waals surface area (Å²) in [5.74, 6) is 0. The van der Waals surface area contributed by atoms with E-state index in [0.717, 1.165) is 61.8 Å². The molecule has 0 aliphatic rings. The van der Waals surface area contributed by atoms with Crippen LogP contribution in [0.4, 0.5) is 11.4 Å². The van der Waals surface area contributed by atoms with E-state index in [-0.39, 0.29) is 5.41 Å². The van der Waals surface area contributed by atoms with Crippen molar-refractivity contribution < 1.29 is 4.42 Å². The van der Waals surface area contributed by atoms with Crippen molar-refractivity contribution in [3.05, 3.63) is 95.2 Å². The average Bonchev–Trinajstić information content (AvgIpc) is 3.34. The van der Waals surface area contributed by atoms with E-state index in [2.05, 4.69) is 133 Å². The monoisotopic (exact) mass is 552 g/mol. The molecule has 4 aromatic carbocycles. The first kappa shape index (κ1) is 27.9. The van der Waals surface area contributed by atoms with Gasteiger partial charge < -0.3 is 14.5 Å². The molecule has 6 rings (SSSR count). The number of hydrogen-bond donors (Lipinski definition) is 1. The Bertz CT molecular complexity index is 1940. The summed E-state index contributed by atoms with van der Waals surface area (Å²) in [6.45, 7) is 13.3. The largest absolute Gasteiger partial charge is 0.455 e. The molecule has 0 fully saturated rings. The van der Waals surface area contributed by atoms with Gasteiger partial charge in [-0.3, -0.25) is 4.98 Å². The second-order valence-electron chi connectivity index (χ2n) is 12.8. The Balaban J connectivity index is 1.53. The van der Waals surface area contributed by atoms with Gasteiger partial charge >= 0.3 is 0 Å². The zero-order chi connectivity index (χ0) is 29.8. The van der Waals surface area contributed by atoms with Gasteiger partial charge in [-0.2, -0.15) is 0 Å². The lowest BCUT2D eigenvalue weighted by Crippen LogP contribution is -2.36. The van der Waals surface area contributed by atoms with Crippen molar-refractivity contribution in [2.75, 3.05) is 24.2 Å². The highest BCUT2D eigenvalue weighted by Crippen LogP contribution is 2.43. The van der Waals surface area contributed by atoms with Gasteiger partial charge in [0.2, 0.25) is 0 Å². The molecule has 0 saturated heterocycles. The van der Waals surface area contributed by atoms with E-state index in [0.29, 0.717) is 0 Å². The van der Waals surface area contributed by atoms with Crippen LogP contribution in [0.3, 0.4) is 0 Å². The van der Waals surface area contributed by atoms with Gasteiger partial charge in [0.05, 0.1) is 16.8 Å². The average molecular weight is 553 g/mol. The van der Waals surface area contributed by atoms with Crippen LogP contribution < -0.4 is 15.6 Å². The quantitative estimate of drug-likeness (QED) is 0.210. The van der Waals surface area contributed by atoms with Crippen LogP contribution in [-0.2, 0) is 6.42 Å². The minimum absolute atomic E-state index is 0.192. The fourth-order valence-corrected chi connectivity index (χ4v) is 6.17. The maximum Gasteiger partial charge on any atom is 0.285 e. The molecule has 0 amide bonds. The predicted octanol–water partition coefficient (Wildman–Crippen LogP) is 8.74. The summed E-state index contributed by atoms with van der Waals surface area (Å²) in [4.78, 5) is 7.07. The Morgan fingerprint density at radius 3 is 2.26 bits per heavy atom. The molecule has 0 unspecified atom stereocenters. The standard InChI is InChI=1S/C37H39BN3O/c1-22-11-9-12-23(2)33(22)38-41(8)31-18-16-25-15-17-28-27-13-10-14-29(35(27)42-36(28)32(25)34(31)39-7)30-19-26(20-37(4,5)6)24(3)21-40-30/h9-19,21,39H,20H2,1-8H3. The normalized spacial score (nSPS) is 11.9. The van der Waals surface area contributed by atoms with Gasteiger partial charge in [-0.15, -0.1) is 0 Å². The zero-order valence-electron chi connectivity index (χ0n) is 26.0. The summed E-state index contributed by atoms with van der Waals surface area (Å²) in [7, 11) is 6.33. The summed E-state index contributed by atoms with van der Waals surface area (Å²) < 4.78 is 6.85. The maximum absolute atomic E-state index is 6.85. The number of nitrogens with zero attached hydrogens (tertiary/aromatic N) is 2. The van der Waals surface area contributed by atoms with Crippen molar-refractivity contribution in [1.29, 1.82) is 0 Å². The third kappa shape index (κ3) is 4.91. The van der Waals surface area contributed by atoms with E-state index in [1.807, 2.05) is 13.2 Å². The fourth-order valence-electron chi connectivity index (χ4n) is 6.17. The number of rotatable bonds is 6. The van der Waals surface area contributed by atoms with Crippen molar-refractivity contribution in [2.24, 2.45) is 5.41 Å². The van der Waals surface area contributed by atoms with Crippen LogP contribution in [0.15, 0.2) is 77.3 Å². The highest BCUT2D eigenvalue weighted by molar-refractivity contribution is 6.59. The molecule has 4 nitrogen and oxygen atoms in total. The molecule has 1 N–H and O–H groups in total. The number of hydrogen-bond acceptors (Lipinski definition) is 4. The van der Waals surface area contributed by atoms with Crippen molar-refractivity contribution in [3.8, 4) is 11.3 Å². The summed E-state index contributed by atoms with van der Waals surface area (Å²) in [5.41, 5.74) is 12.4. The molecule has 0 atom stereocenters. The first-order valence-electron chi connectivity index (χ1n) is 14.7. The van der Waals surface area contributed by atoms with E-state index < -0.39 is 0 Å². The number of anilines is 2. The van der Waals surface area contributed by atoms with Crippen LogP contribution in [0.1, 0.15) is 43.0 Å². The number of nitrogens with one attached hydrogen (secondary N) is 1. The number of benzene rings is 4. The maximum atomic E-state index is 6.85. The van der Waals surface area contributed by atoms with Crippen LogP contribution in [0, 0.1) is 26.2 Å². The van der Waals surface area contributed by atoms with Crippen LogP contribution >= 0.6 is 0 Å². The van der Waals surface area contributed by atoms with Gasteiger partial charge in [0.15, 0.2) is 0 Å². The molecule has 2 aromatic heterocycles. The Kier molecular flexibility index (Phi) is 7.00. The fraction of sp³-hybridized carbons (Fsp3) is 0.270. The predicted molar refractivity (Wildman–Crippen MR) is 182 cm³/mol. The molecule has 0 aliphatic heterocycles. The number of para-hydroxylation sites is 1. The third-order valence-electron chi connectivity index (χ3n) is 8.33. The highest BCUT2D eigenvalue weighted by atomic mass is 16.3. The Morgan fingerprint density at radius 1 is 0.857 bits per heavy atom. The smallest absolute Gasteiger partial charge is 0.285 e. The third-order valence-corrected chi connectivity index (χ3v) is 8.33. The highest BCUT2D eigenvalue weighted by Gasteiger charge is 2.21. The van der Waals surface area contributed by atoms with Gasteiger partial charge in [0.1, 0.15) is 11.2 Å². The van der Waals surface area contributed by atoms with Crippen LogP contribution in [0.2, 0.25) is 0 Å². The molecule has 0 aliphatic carbocycles. The summed E-state index contributed by atoms with van der Waals surface area (Å²) in [5, 5.41) is 7.95. The number of pyridine rings is 1. The minimum Gasteiger partial charge on any atom is -0.455 e. The SMILES string of the molecule is CNc1c(N(C)[B]c2c(C)cccc2C)ccc2ccc3c4cccc(-c5cc(CC(C)(C)C)c(C)cn5)c4oc3c12. The second kappa shape index (κ2) is 10.5. The van der Waals surface area contributed by atoms with Gasteiger partial charge in [0, 0.05) is 35.3 Å². The molecule has 0 bridgehead atoms. The lowest BCUT2D eigenvalue weighted by molar-refractivity contribution is 0.410. The number of aryl methyl sites for hydroxylation is 3. The lowest BCUT2D eigenvalue weighted by atomic mass is 9.74. The van der Waals surface area contributed by atoms with Gasteiger partial charge in [-0.25, -0.2) is 0 Å².